The minimum atomic E-state index is -0.326. The van der Waals surface area contributed by atoms with Crippen molar-refractivity contribution in [3.63, 3.8) is 0 Å². The van der Waals surface area contributed by atoms with E-state index in [4.69, 9.17) is 11.1 Å². The highest BCUT2D eigenvalue weighted by Crippen LogP contribution is 2.40. The van der Waals surface area contributed by atoms with Crippen LogP contribution in [0, 0.1) is 5.41 Å². The number of fused-ring (bicyclic) bond motifs is 1. The zero-order valence-corrected chi connectivity index (χ0v) is 14.2. The molecule has 1 aliphatic carbocycles. The summed E-state index contributed by atoms with van der Waals surface area (Å²) in [5.41, 5.74) is 7.62. The van der Waals surface area contributed by atoms with Gasteiger partial charge in [0, 0.05) is 5.92 Å². The van der Waals surface area contributed by atoms with Crippen molar-refractivity contribution < 1.29 is 4.79 Å². The van der Waals surface area contributed by atoms with Gasteiger partial charge in [-0.2, -0.15) is 5.10 Å². The van der Waals surface area contributed by atoms with Gasteiger partial charge in [0.15, 0.2) is 5.96 Å². The minimum absolute atomic E-state index is 0. The first-order chi connectivity index (χ1) is 11.6. The van der Waals surface area contributed by atoms with Crippen LogP contribution in [-0.2, 0) is 0 Å². The van der Waals surface area contributed by atoms with E-state index in [0.717, 1.165) is 29.3 Å². The van der Waals surface area contributed by atoms with E-state index in [1.807, 2.05) is 36.4 Å². The molecule has 0 atom stereocenters. The van der Waals surface area contributed by atoms with E-state index in [-0.39, 0.29) is 24.3 Å². The SMILES string of the molecule is Cl.N=C(N)N(C(=O)c1cn[nH]c1C1CC1)c1ccc2ccccc2c1. The van der Waals surface area contributed by atoms with Crippen molar-refractivity contribution >= 4 is 40.7 Å². The van der Waals surface area contributed by atoms with Crippen LogP contribution in [0.1, 0.15) is 34.8 Å². The first kappa shape index (κ1) is 17.0. The second kappa shape index (κ2) is 6.57. The number of nitrogens with one attached hydrogen (secondary N) is 2. The summed E-state index contributed by atoms with van der Waals surface area (Å²) in [7, 11) is 0. The molecule has 1 fully saturated rings. The molecule has 4 rings (SSSR count). The number of nitrogens with two attached hydrogens (primary N) is 1. The van der Waals surface area contributed by atoms with Gasteiger partial charge in [-0.05, 0) is 35.7 Å². The lowest BCUT2D eigenvalue weighted by Gasteiger charge is -2.21. The van der Waals surface area contributed by atoms with Gasteiger partial charge in [0.25, 0.3) is 5.91 Å². The zero-order chi connectivity index (χ0) is 16.7. The fourth-order valence-electron chi connectivity index (χ4n) is 2.95. The summed E-state index contributed by atoms with van der Waals surface area (Å²) in [6, 6.07) is 13.5. The Balaban J connectivity index is 0.00000182. The normalized spacial score (nSPS) is 13.3. The number of anilines is 1. The molecule has 1 aromatic heterocycles. The fourth-order valence-corrected chi connectivity index (χ4v) is 2.95. The van der Waals surface area contributed by atoms with Gasteiger partial charge in [0.1, 0.15) is 0 Å². The molecule has 0 radical (unpaired) electrons. The largest absolute Gasteiger partial charge is 0.369 e. The lowest BCUT2D eigenvalue weighted by atomic mass is 10.1. The molecule has 0 unspecified atom stereocenters. The fraction of sp³-hybridized carbons (Fsp3) is 0.167. The number of hydrogen-bond donors (Lipinski definition) is 3. The van der Waals surface area contributed by atoms with Gasteiger partial charge in [-0.25, -0.2) is 4.90 Å². The average molecular weight is 356 g/mol. The maximum Gasteiger partial charge on any atom is 0.268 e. The highest BCUT2D eigenvalue weighted by molar-refractivity contribution is 6.21. The van der Waals surface area contributed by atoms with Crippen molar-refractivity contribution in [2.75, 3.05) is 4.90 Å². The molecule has 6 nitrogen and oxygen atoms in total. The van der Waals surface area contributed by atoms with Crippen molar-refractivity contribution in [1.29, 1.82) is 5.41 Å². The average Bonchev–Trinajstić information content (AvgIpc) is 3.31. The van der Waals surface area contributed by atoms with E-state index >= 15 is 0 Å². The molecule has 25 heavy (non-hydrogen) atoms. The smallest absolute Gasteiger partial charge is 0.268 e. The van der Waals surface area contributed by atoms with E-state index in [9.17, 15) is 4.79 Å². The van der Waals surface area contributed by atoms with E-state index in [2.05, 4.69) is 10.2 Å². The first-order valence-corrected chi connectivity index (χ1v) is 7.85. The number of guanidine groups is 1. The van der Waals surface area contributed by atoms with Crippen LogP contribution >= 0.6 is 12.4 Å². The summed E-state index contributed by atoms with van der Waals surface area (Å²) in [5.74, 6) is -0.275. The maximum atomic E-state index is 13.0. The van der Waals surface area contributed by atoms with Crippen molar-refractivity contribution in [2.45, 2.75) is 18.8 Å². The lowest BCUT2D eigenvalue weighted by molar-refractivity contribution is 0.100. The quantitative estimate of drug-likeness (QED) is 0.496. The summed E-state index contributed by atoms with van der Waals surface area (Å²) in [5, 5.41) is 16.9. The van der Waals surface area contributed by atoms with Crippen LogP contribution in [0.4, 0.5) is 5.69 Å². The molecular weight excluding hydrogens is 338 g/mol. The van der Waals surface area contributed by atoms with Gasteiger partial charge in [0.05, 0.1) is 23.1 Å². The van der Waals surface area contributed by atoms with E-state index in [1.165, 1.54) is 11.1 Å². The summed E-state index contributed by atoms with van der Waals surface area (Å²) < 4.78 is 0. The molecular formula is C18H18ClN5O. The van der Waals surface area contributed by atoms with Gasteiger partial charge in [-0.15, -0.1) is 12.4 Å². The van der Waals surface area contributed by atoms with Crippen LogP contribution in [0.25, 0.3) is 10.8 Å². The Morgan fingerprint density at radius 3 is 2.60 bits per heavy atom. The van der Waals surface area contributed by atoms with E-state index in [0.29, 0.717) is 17.2 Å². The lowest BCUT2D eigenvalue weighted by Crippen LogP contribution is -2.41. The first-order valence-electron chi connectivity index (χ1n) is 7.85. The molecule has 1 amide bonds. The third kappa shape index (κ3) is 3.08. The molecule has 7 heteroatoms. The molecule has 128 valence electrons. The second-order valence-corrected chi connectivity index (χ2v) is 6.03. The molecule has 0 bridgehead atoms. The van der Waals surface area contributed by atoms with Crippen LogP contribution in [0.5, 0.6) is 0 Å². The molecule has 0 spiro atoms. The number of halogens is 1. The number of aromatic nitrogens is 2. The summed E-state index contributed by atoms with van der Waals surface area (Å²) in [6.07, 6.45) is 3.63. The molecule has 3 aromatic rings. The third-order valence-corrected chi connectivity index (χ3v) is 4.32. The highest BCUT2D eigenvalue weighted by atomic mass is 35.5. The number of rotatable bonds is 3. The Bertz CT molecular complexity index is 947. The van der Waals surface area contributed by atoms with Crippen molar-refractivity contribution in [3.05, 3.63) is 59.9 Å². The number of carbonyl (C=O) groups is 1. The predicted octanol–water partition coefficient (Wildman–Crippen LogP) is 3.40. The molecule has 2 aromatic carbocycles. The van der Waals surface area contributed by atoms with Gasteiger partial charge >= 0.3 is 0 Å². The summed E-state index contributed by atoms with van der Waals surface area (Å²) in [4.78, 5) is 14.2. The summed E-state index contributed by atoms with van der Waals surface area (Å²) >= 11 is 0. The number of aromatic amines is 1. The van der Waals surface area contributed by atoms with Crippen LogP contribution in [0.3, 0.4) is 0 Å². The van der Waals surface area contributed by atoms with Crippen molar-refractivity contribution in [1.82, 2.24) is 10.2 Å². The van der Waals surface area contributed by atoms with Gasteiger partial charge in [0.2, 0.25) is 0 Å². The highest BCUT2D eigenvalue weighted by Gasteiger charge is 2.32. The van der Waals surface area contributed by atoms with Gasteiger partial charge in [-0.3, -0.25) is 15.3 Å². The number of benzene rings is 2. The van der Waals surface area contributed by atoms with Crippen LogP contribution < -0.4 is 10.6 Å². The molecule has 0 aliphatic heterocycles. The van der Waals surface area contributed by atoms with E-state index < -0.39 is 0 Å². The number of amides is 1. The van der Waals surface area contributed by atoms with Crippen LogP contribution in [-0.4, -0.2) is 22.1 Å². The molecule has 1 saturated carbocycles. The maximum absolute atomic E-state index is 13.0. The van der Waals surface area contributed by atoms with Crippen LogP contribution in [0.15, 0.2) is 48.7 Å². The Labute approximate surface area is 150 Å². The number of nitrogens with zero attached hydrogens (tertiary/aromatic N) is 2. The molecule has 1 aliphatic rings. The van der Waals surface area contributed by atoms with E-state index in [1.54, 1.807) is 6.07 Å². The van der Waals surface area contributed by atoms with Gasteiger partial charge in [-0.1, -0.05) is 30.3 Å². The van der Waals surface area contributed by atoms with Crippen LogP contribution in [0.2, 0.25) is 0 Å². The minimum Gasteiger partial charge on any atom is -0.369 e. The number of hydrogen-bond acceptors (Lipinski definition) is 3. The third-order valence-electron chi connectivity index (χ3n) is 4.32. The molecule has 1 heterocycles. The number of carbonyl (C=O) groups excluding carboxylic acids is 1. The Kier molecular flexibility index (Phi) is 4.46. The topological polar surface area (TPSA) is 98.9 Å². The zero-order valence-electron chi connectivity index (χ0n) is 13.4. The molecule has 4 N–H and O–H groups in total. The van der Waals surface area contributed by atoms with Crippen molar-refractivity contribution in [2.24, 2.45) is 5.73 Å². The standard InChI is InChI=1S/C18H17N5O.ClH/c19-18(20)23(14-8-7-11-3-1-2-4-13(11)9-14)17(24)15-10-21-22-16(15)12-5-6-12;/h1-4,7-10,12H,5-6H2,(H3,19,20)(H,21,22);1H. The number of H-pyrrole nitrogens is 1. The van der Waals surface area contributed by atoms with Crippen molar-refractivity contribution in [3.8, 4) is 0 Å². The molecule has 0 saturated heterocycles. The summed E-state index contributed by atoms with van der Waals surface area (Å²) in [6.45, 7) is 0. The Hall–Kier alpha value is -2.86. The monoisotopic (exact) mass is 355 g/mol. The van der Waals surface area contributed by atoms with Gasteiger partial charge < -0.3 is 5.73 Å². The predicted molar refractivity (Wildman–Crippen MR) is 100 cm³/mol. The Morgan fingerprint density at radius 2 is 1.92 bits per heavy atom. The Morgan fingerprint density at radius 1 is 1.20 bits per heavy atom. The second-order valence-electron chi connectivity index (χ2n) is 6.03.